The van der Waals surface area contributed by atoms with Crippen LogP contribution in [-0.4, -0.2) is 15.0 Å². The Morgan fingerprint density at radius 1 is 1.33 bits per heavy atom. The molecule has 15 heavy (non-hydrogen) atoms. The van der Waals surface area contributed by atoms with E-state index in [0.717, 1.165) is 11.1 Å². The highest BCUT2D eigenvalue weighted by atomic mass is 35.7. The Morgan fingerprint density at radius 3 is 2.40 bits per heavy atom. The summed E-state index contributed by atoms with van der Waals surface area (Å²) in [6.45, 7) is 5.81. The molecule has 0 saturated heterocycles. The second kappa shape index (κ2) is 4.41. The van der Waals surface area contributed by atoms with Gasteiger partial charge in [0.25, 0.3) is 9.05 Å². The van der Waals surface area contributed by atoms with Crippen LogP contribution in [0.15, 0.2) is 17.0 Å². The van der Waals surface area contributed by atoms with Crippen LogP contribution in [0.1, 0.15) is 18.1 Å². The second-order valence-electron chi connectivity index (χ2n) is 3.28. The van der Waals surface area contributed by atoms with E-state index in [1.54, 1.807) is 13.8 Å². The zero-order chi connectivity index (χ0) is 11.6. The summed E-state index contributed by atoms with van der Waals surface area (Å²) in [5.41, 5.74) is 1.62. The van der Waals surface area contributed by atoms with Crippen molar-refractivity contribution in [3.63, 3.8) is 0 Å². The topological polar surface area (TPSA) is 43.4 Å². The monoisotopic (exact) mass is 248 g/mol. The lowest BCUT2D eigenvalue weighted by atomic mass is 10.1. The molecule has 0 radical (unpaired) electrons. The molecule has 0 N–H and O–H groups in total. The van der Waals surface area contributed by atoms with Gasteiger partial charge in [0.1, 0.15) is 10.6 Å². The van der Waals surface area contributed by atoms with Crippen LogP contribution in [0.3, 0.4) is 0 Å². The SMILES string of the molecule is CCOc1c(C)cc(C)cc1S(=O)(=O)Cl. The Hall–Kier alpha value is -0.740. The van der Waals surface area contributed by atoms with Gasteiger partial charge in [-0.15, -0.1) is 0 Å². The standard InChI is InChI=1S/C10H13ClO3S/c1-4-14-10-8(3)5-7(2)6-9(10)15(11,12)13/h5-6H,4H2,1-3H3. The fraction of sp³-hybridized carbons (Fsp3) is 0.400. The number of hydrogen-bond acceptors (Lipinski definition) is 3. The van der Waals surface area contributed by atoms with Crippen molar-refractivity contribution in [2.24, 2.45) is 0 Å². The molecule has 0 atom stereocenters. The zero-order valence-corrected chi connectivity index (χ0v) is 10.4. The van der Waals surface area contributed by atoms with E-state index in [2.05, 4.69) is 0 Å². The lowest BCUT2D eigenvalue weighted by Gasteiger charge is -2.11. The minimum atomic E-state index is -3.75. The Kier molecular flexibility index (Phi) is 3.62. The quantitative estimate of drug-likeness (QED) is 0.773. The highest BCUT2D eigenvalue weighted by Crippen LogP contribution is 2.31. The van der Waals surface area contributed by atoms with E-state index < -0.39 is 9.05 Å². The number of benzene rings is 1. The van der Waals surface area contributed by atoms with E-state index in [4.69, 9.17) is 15.4 Å². The predicted octanol–water partition coefficient (Wildman–Crippen LogP) is 2.63. The first kappa shape index (κ1) is 12.3. The molecule has 0 aliphatic rings. The second-order valence-corrected chi connectivity index (χ2v) is 5.81. The van der Waals surface area contributed by atoms with Crippen LogP contribution < -0.4 is 4.74 Å². The van der Waals surface area contributed by atoms with Gasteiger partial charge in [-0.05, 0) is 38.0 Å². The molecule has 3 nitrogen and oxygen atoms in total. The van der Waals surface area contributed by atoms with Gasteiger partial charge in [0, 0.05) is 10.7 Å². The maximum atomic E-state index is 11.3. The summed E-state index contributed by atoms with van der Waals surface area (Å²) in [5, 5.41) is 0. The van der Waals surface area contributed by atoms with E-state index in [1.165, 1.54) is 6.07 Å². The first-order valence-electron chi connectivity index (χ1n) is 4.55. The maximum absolute atomic E-state index is 11.3. The van der Waals surface area contributed by atoms with Gasteiger partial charge in [0.05, 0.1) is 6.61 Å². The van der Waals surface area contributed by atoms with Crippen LogP contribution in [0.2, 0.25) is 0 Å². The summed E-state index contributed by atoms with van der Waals surface area (Å²) in [5.74, 6) is 0.345. The average molecular weight is 249 g/mol. The molecular formula is C10H13ClO3S. The third kappa shape index (κ3) is 2.86. The molecule has 0 heterocycles. The van der Waals surface area contributed by atoms with Crippen LogP contribution >= 0.6 is 10.7 Å². The van der Waals surface area contributed by atoms with Crippen molar-refractivity contribution in [3.8, 4) is 5.75 Å². The van der Waals surface area contributed by atoms with E-state index in [9.17, 15) is 8.42 Å². The van der Waals surface area contributed by atoms with E-state index in [1.807, 2.05) is 13.0 Å². The van der Waals surface area contributed by atoms with Gasteiger partial charge in [0.15, 0.2) is 0 Å². The van der Waals surface area contributed by atoms with Crippen molar-refractivity contribution >= 4 is 19.7 Å². The summed E-state index contributed by atoms with van der Waals surface area (Å²) >= 11 is 0. The van der Waals surface area contributed by atoms with Gasteiger partial charge >= 0.3 is 0 Å². The van der Waals surface area contributed by atoms with E-state index in [0.29, 0.717) is 12.4 Å². The van der Waals surface area contributed by atoms with E-state index >= 15 is 0 Å². The fourth-order valence-electron chi connectivity index (χ4n) is 1.43. The van der Waals surface area contributed by atoms with Crippen LogP contribution in [-0.2, 0) is 9.05 Å². The predicted molar refractivity (Wildman–Crippen MR) is 60.1 cm³/mol. The molecule has 0 bridgehead atoms. The molecule has 0 fully saturated rings. The van der Waals surface area contributed by atoms with Crippen molar-refractivity contribution < 1.29 is 13.2 Å². The fourth-order valence-corrected chi connectivity index (χ4v) is 2.54. The first-order chi connectivity index (χ1) is 6.86. The summed E-state index contributed by atoms with van der Waals surface area (Å²) in [7, 11) is 1.58. The Bertz CT molecular complexity index is 466. The third-order valence-electron chi connectivity index (χ3n) is 1.94. The van der Waals surface area contributed by atoms with Crippen molar-refractivity contribution in [1.29, 1.82) is 0 Å². The van der Waals surface area contributed by atoms with Gasteiger partial charge in [-0.1, -0.05) is 6.07 Å². The normalized spacial score (nSPS) is 11.5. The average Bonchev–Trinajstić information content (AvgIpc) is 2.07. The highest BCUT2D eigenvalue weighted by Gasteiger charge is 2.19. The number of rotatable bonds is 3. The lowest BCUT2D eigenvalue weighted by molar-refractivity contribution is 0.329. The van der Waals surface area contributed by atoms with Crippen molar-refractivity contribution in [1.82, 2.24) is 0 Å². The molecule has 0 saturated carbocycles. The van der Waals surface area contributed by atoms with Gasteiger partial charge < -0.3 is 4.74 Å². The van der Waals surface area contributed by atoms with Crippen LogP contribution in [0.4, 0.5) is 0 Å². The van der Waals surface area contributed by atoms with Gasteiger partial charge in [-0.25, -0.2) is 8.42 Å². The van der Waals surface area contributed by atoms with Crippen LogP contribution in [0.5, 0.6) is 5.75 Å². The number of halogens is 1. The zero-order valence-electron chi connectivity index (χ0n) is 8.87. The van der Waals surface area contributed by atoms with Crippen LogP contribution in [0, 0.1) is 13.8 Å². The molecule has 1 aromatic rings. The molecular weight excluding hydrogens is 236 g/mol. The van der Waals surface area contributed by atoms with Gasteiger partial charge in [-0.3, -0.25) is 0 Å². The maximum Gasteiger partial charge on any atom is 0.265 e. The first-order valence-corrected chi connectivity index (χ1v) is 6.86. The molecule has 0 aliphatic heterocycles. The largest absolute Gasteiger partial charge is 0.492 e. The molecule has 5 heteroatoms. The molecule has 0 unspecified atom stereocenters. The molecule has 0 amide bonds. The molecule has 1 rings (SSSR count). The molecule has 0 aromatic heterocycles. The molecule has 84 valence electrons. The van der Waals surface area contributed by atoms with Crippen molar-refractivity contribution in [2.45, 2.75) is 25.7 Å². The molecule has 1 aromatic carbocycles. The Balaban J connectivity index is 3.47. The third-order valence-corrected chi connectivity index (χ3v) is 3.26. The van der Waals surface area contributed by atoms with Gasteiger partial charge in [0.2, 0.25) is 0 Å². The van der Waals surface area contributed by atoms with E-state index in [-0.39, 0.29) is 4.90 Å². The Labute approximate surface area is 94.4 Å². The minimum absolute atomic E-state index is 0.0449. The summed E-state index contributed by atoms with van der Waals surface area (Å²) in [6.07, 6.45) is 0. The lowest BCUT2D eigenvalue weighted by Crippen LogP contribution is -2.02. The van der Waals surface area contributed by atoms with Crippen molar-refractivity contribution in [3.05, 3.63) is 23.3 Å². The number of hydrogen-bond donors (Lipinski definition) is 0. The molecule has 0 aliphatic carbocycles. The summed E-state index contributed by atoms with van der Waals surface area (Å²) < 4.78 is 27.9. The summed E-state index contributed by atoms with van der Waals surface area (Å²) in [6, 6.07) is 3.37. The molecule has 0 spiro atoms. The summed E-state index contributed by atoms with van der Waals surface area (Å²) in [4.78, 5) is 0.0449. The number of ether oxygens (including phenoxy) is 1. The van der Waals surface area contributed by atoms with Gasteiger partial charge in [-0.2, -0.15) is 0 Å². The van der Waals surface area contributed by atoms with Crippen LogP contribution in [0.25, 0.3) is 0 Å². The number of aryl methyl sites for hydroxylation is 2. The Morgan fingerprint density at radius 2 is 1.93 bits per heavy atom. The minimum Gasteiger partial charge on any atom is -0.492 e. The smallest absolute Gasteiger partial charge is 0.265 e. The highest BCUT2D eigenvalue weighted by molar-refractivity contribution is 8.13. The van der Waals surface area contributed by atoms with Crippen molar-refractivity contribution in [2.75, 3.05) is 6.61 Å².